The van der Waals surface area contributed by atoms with Gasteiger partial charge in [0.15, 0.2) is 5.76 Å². The second-order valence-corrected chi connectivity index (χ2v) is 5.58. The van der Waals surface area contributed by atoms with Crippen molar-refractivity contribution in [1.29, 1.82) is 0 Å². The van der Waals surface area contributed by atoms with Crippen LogP contribution in [0.3, 0.4) is 0 Å². The summed E-state index contributed by atoms with van der Waals surface area (Å²) in [6, 6.07) is 7.50. The molecule has 1 aromatic heterocycles. The van der Waals surface area contributed by atoms with Gasteiger partial charge in [-0.2, -0.15) is 0 Å². The van der Waals surface area contributed by atoms with Gasteiger partial charge in [-0.1, -0.05) is 25.0 Å². The summed E-state index contributed by atoms with van der Waals surface area (Å²) in [5.41, 5.74) is 0.935. The Morgan fingerprint density at radius 1 is 1.40 bits per heavy atom. The average molecular weight is 275 g/mol. The van der Waals surface area contributed by atoms with Gasteiger partial charge < -0.3 is 14.8 Å². The van der Waals surface area contributed by atoms with E-state index in [0.717, 1.165) is 17.4 Å². The number of rotatable bonds is 5. The molecule has 4 nitrogen and oxygen atoms in total. The lowest BCUT2D eigenvalue weighted by molar-refractivity contribution is 0.0464. The summed E-state index contributed by atoms with van der Waals surface area (Å²) in [4.78, 5) is 12.0. The van der Waals surface area contributed by atoms with Gasteiger partial charge in [-0.15, -0.1) is 0 Å². The van der Waals surface area contributed by atoms with Crippen molar-refractivity contribution >= 4 is 16.9 Å². The molecule has 2 rings (SSSR count). The van der Waals surface area contributed by atoms with Gasteiger partial charge in [-0.25, -0.2) is 0 Å². The van der Waals surface area contributed by atoms with Gasteiger partial charge in [0.05, 0.1) is 5.60 Å². The Labute approximate surface area is 118 Å². The second kappa shape index (κ2) is 5.67. The summed E-state index contributed by atoms with van der Waals surface area (Å²) in [6.45, 7) is 5.93. The lowest BCUT2D eigenvalue weighted by atomic mass is 10.0. The minimum Gasteiger partial charge on any atom is -0.451 e. The number of fused-ring (bicyclic) bond motifs is 1. The van der Waals surface area contributed by atoms with Crippen LogP contribution in [-0.4, -0.2) is 23.2 Å². The van der Waals surface area contributed by atoms with Crippen LogP contribution in [0.5, 0.6) is 0 Å². The molecule has 1 heterocycles. The van der Waals surface area contributed by atoms with Gasteiger partial charge >= 0.3 is 0 Å². The molecule has 0 radical (unpaired) electrons. The van der Waals surface area contributed by atoms with Crippen LogP contribution in [0.25, 0.3) is 11.0 Å². The third kappa shape index (κ3) is 3.39. The average Bonchev–Trinajstić information content (AvgIpc) is 2.79. The van der Waals surface area contributed by atoms with E-state index in [1.54, 1.807) is 13.0 Å². The third-order valence-electron chi connectivity index (χ3n) is 3.31. The zero-order valence-corrected chi connectivity index (χ0v) is 12.2. The summed E-state index contributed by atoms with van der Waals surface area (Å²) in [6.07, 6.45) is 1.51. The molecule has 0 spiro atoms. The van der Waals surface area contributed by atoms with Crippen LogP contribution in [-0.2, 0) is 0 Å². The molecule has 4 heteroatoms. The van der Waals surface area contributed by atoms with Crippen LogP contribution in [0.4, 0.5) is 0 Å². The van der Waals surface area contributed by atoms with Crippen LogP contribution < -0.4 is 5.32 Å². The van der Waals surface area contributed by atoms with Crippen LogP contribution in [0.2, 0.25) is 0 Å². The first-order valence-electron chi connectivity index (χ1n) is 6.92. The Morgan fingerprint density at radius 3 is 2.85 bits per heavy atom. The Hall–Kier alpha value is -1.81. The van der Waals surface area contributed by atoms with Gasteiger partial charge in [0, 0.05) is 11.9 Å². The molecule has 1 amide bonds. The molecule has 2 N–H and O–H groups in total. The third-order valence-corrected chi connectivity index (χ3v) is 3.31. The molecule has 0 fully saturated rings. The molecule has 1 atom stereocenters. The molecule has 108 valence electrons. The first kappa shape index (κ1) is 14.6. The molecule has 0 saturated heterocycles. The van der Waals surface area contributed by atoms with Crippen molar-refractivity contribution in [3.63, 3.8) is 0 Å². The highest BCUT2D eigenvalue weighted by Gasteiger charge is 2.21. The van der Waals surface area contributed by atoms with E-state index < -0.39 is 5.60 Å². The minimum absolute atomic E-state index is 0.218. The van der Waals surface area contributed by atoms with E-state index in [2.05, 4.69) is 5.32 Å². The minimum atomic E-state index is -0.882. The lowest BCUT2D eigenvalue weighted by Crippen LogP contribution is -2.40. The summed E-state index contributed by atoms with van der Waals surface area (Å²) in [7, 11) is 0. The molecule has 0 aliphatic heterocycles. The number of furan rings is 1. The molecule has 0 saturated carbocycles. The standard InChI is InChI=1S/C16H21NO3/c1-4-7-16(3,19)10-17-15(18)14-9-12-8-11(2)5-6-13(12)20-14/h5-6,8-9,19H,4,7,10H2,1-3H3,(H,17,18). The first-order chi connectivity index (χ1) is 9.41. The number of aliphatic hydroxyl groups is 1. The summed E-state index contributed by atoms with van der Waals surface area (Å²) >= 11 is 0. The van der Waals surface area contributed by atoms with Crippen LogP contribution >= 0.6 is 0 Å². The Bertz CT molecular complexity index is 613. The van der Waals surface area contributed by atoms with Crippen molar-refractivity contribution < 1.29 is 14.3 Å². The van der Waals surface area contributed by atoms with Crippen molar-refractivity contribution in [2.45, 2.75) is 39.2 Å². The summed E-state index contributed by atoms with van der Waals surface area (Å²) in [5.74, 6) is -0.0203. The number of amides is 1. The number of carbonyl (C=O) groups excluding carboxylic acids is 1. The number of benzene rings is 1. The first-order valence-corrected chi connectivity index (χ1v) is 6.92. The maximum atomic E-state index is 12.0. The van der Waals surface area contributed by atoms with Crippen LogP contribution in [0.1, 0.15) is 42.8 Å². The van der Waals surface area contributed by atoms with Gasteiger partial charge in [0.25, 0.3) is 5.91 Å². The predicted octanol–water partition coefficient (Wildman–Crippen LogP) is 3.02. The molecular formula is C16H21NO3. The van der Waals surface area contributed by atoms with Crippen molar-refractivity contribution in [1.82, 2.24) is 5.32 Å². The van der Waals surface area contributed by atoms with Crippen molar-refractivity contribution in [3.05, 3.63) is 35.6 Å². The fourth-order valence-corrected chi connectivity index (χ4v) is 2.26. The van der Waals surface area contributed by atoms with E-state index in [1.165, 1.54) is 0 Å². The van der Waals surface area contributed by atoms with Crippen molar-refractivity contribution in [2.24, 2.45) is 0 Å². The predicted molar refractivity (Wildman–Crippen MR) is 78.8 cm³/mol. The maximum Gasteiger partial charge on any atom is 0.287 e. The van der Waals surface area contributed by atoms with E-state index in [-0.39, 0.29) is 18.2 Å². The second-order valence-electron chi connectivity index (χ2n) is 5.58. The number of carbonyl (C=O) groups is 1. The Balaban J connectivity index is 2.08. The topological polar surface area (TPSA) is 62.5 Å². The molecule has 0 bridgehead atoms. The van der Waals surface area contributed by atoms with E-state index in [9.17, 15) is 9.90 Å². The van der Waals surface area contributed by atoms with E-state index >= 15 is 0 Å². The van der Waals surface area contributed by atoms with Gasteiger partial charge in [-0.3, -0.25) is 4.79 Å². The molecule has 1 unspecified atom stereocenters. The molecule has 0 aliphatic rings. The highest BCUT2D eigenvalue weighted by atomic mass is 16.3. The zero-order valence-electron chi connectivity index (χ0n) is 12.2. The van der Waals surface area contributed by atoms with E-state index in [4.69, 9.17) is 4.42 Å². The molecular weight excluding hydrogens is 254 g/mol. The summed E-state index contributed by atoms with van der Waals surface area (Å²) < 4.78 is 5.52. The number of hydrogen-bond donors (Lipinski definition) is 2. The Morgan fingerprint density at radius 2 is 2.15 bits per heavy atom. The van der Waals surface area contributed by atoms with Gasteiger partial charge in [-0.05, 0) is 38.5 Å². The van der Waals surface area contributed by atoms with Crippen molar-refractivity contribution in [2.75, 3.05) is 6.54 Å². The molecule has 2 aromatic rings. The van der Waals surface area contributed by atoms with Crippen LogP contribution in [0, 0.1) is 6.92 Å². The smallest absolute Gasteiger partial charge is 0.287 e. The normalized spacial score (nSPS) is 14.2. The van der Waals surface area contributed by atoms with Crippen molar-refractivity contribution in [3.8, 4) is 0 Å². The monoisotopic (exact) mass is 275 g/mol. The summed E-state index contributed by atoms with van der Waals surface area (Å²) in [5, 5.41) is 13.7. The van der Waals surface area contributed by atoms with E-state index in [0.29, 0.717) is 12.0 Å². The number of hydrogen-bond acceptors (Lipinski definition) is 3. The van der Waals surface area contributed by atoms with E-state index in [1.807, 2.05) is 32.0 Å². The number of aryl methyl sites for hydroxylation is 1. The molecule has 0 aliphatic carbocycles. The van der Waals surface area contributed by atoms with Gasteiger partial charge in [0.2, 0.25) is 0 Å². The fourth-order valence-electron chi connectivity index (χ4n) is 2.26. The Kier molecular flexibility index (Phi) is 4.14. The largest absolute Gasteiger partial charge is 0.451 e. The number of nitrogens with one attached hydrogen (secondary N) is 1. The highest BCUT2D eigenvalue weighted by Crippen LogP contribution is 2.20. The lowest BCUT2D eigenvalue weighted by Gasteiger charge is -2.22. The highest BCUT2D eigenvalue weighted by molar-refractivity contribution is 5.96. The molecule has 20 heavy (non-hydrogen) atoms. The van der Waals surface area contributed by atoms with Gasteiger partial charge in [0.1, 0.15) is 5.58 Å². The fraction of sp³-hybridized carbons (Fsp3) is 0.438. The zero-order chi connectivity index (χ0) is 14.8. The van der Waals surface area contributed by atoms with Crippen LogP contribution in [0.15, 0.2) is 28.7 Å². The SMILES string of the molecule is CCCC(C)(O)CNC(=O)c1cc2cc(C)ccc2o1. The quantitative estimate of drug-likeness (QED) is 0.881. The maximum absolute atomic E-state index is 12.0. The molecule has 1 aromatic carbocycles.